The lowest BCUT2D eigenvalue weighted by Crippen LogP contribution is -2.51. The number of aromatic amines is 1. The summed E-state index contributed by atoms with van der Waals surface area (Å²) in [6, 6.07) is 1.88. The Morgan fingerprint density at radius 3 is 2.87 bits per heavy atom. The lowest BCUT2D eigenvalue weighted by molar-refractivity contribution is 0.0913. The molecule has 4 heteroatoms. The molecule has 80 valence electrons. The topological polar surface area (TPSA) is 56.9 Å². The molecule has 2 aliphatic rings. The van der Waals surface area contributed by atoms with Crippen molar-refractivity contribution in [2.45, 2.75) is 18.3 Å². The van der Waals surface area contributed by atoms with E-state index in [-0.39, 0.29) is 11.3 Å². The summed E-state index contributed by atoms with van der Waals surface area (Å²) in [5, 5.41) is 6.36. The Morgan fingerprint density at radius 2 is 2.07 bits per heavy atom. The molecule has 1 saturated heterocycles. The van der Waals surface area contributed by atoms with E-state index in [9.17, 15) is 4.79 Å². The maximum absolute atomic E-state index is 11.6. The smallest absolute Gasteiger partial charge is 0.253 e. The van der Waals surface area contributed by atoms with Gasteiger partial charge >= 0.3 is 0 Å². The summed E-state index contributed by atoms with van der Waals surface area (Å²) in [4.78, 5) is 14.9. The van der Waals surface area contributed by atoms with Crippen LogP contribution in [-0.2, 0) is 5.41 Å². The fourth-order valence-corrected chi connectivity index (χ4v) is 2.76. The molecule has 1 aromatic heterocycles. The minimum Gasteiger partial charge on any atom is -0.364 e. The summed E-state index contributed by atoms with van der Waals surface area (Å²) >= 11 is 0. The standard InChI is InChI=1S/C11H15N3O/c15-10-8-1-4-13-9(8)11(7-14-10)2-5-12-6-3-11/h1,4,12-13H,2-3,5-7H2,(H,14,15). The molecule has 2 aliphatic heterocycles. The molecule has 0 saturated carbocycles. The molecule has 3 heterocycles. The van der Waals surface area contributed by atoms with E-state index in [0.29, 0.717) is 0 Å². The first-order chi connectivity index (χ1) is 7.32. The van der Waals surface area contributed by atoms with E-state index < -0.39 is 0 Å². The third kappa shape index (κ3) is 1.21. The maximum atomic E-state index is 11.6. The predicted octanol–water partition coefficient (Wildman–Crippen LogP) is 0.379. The van der Waals surface area contributed by atoms with Crippen LogP contribution in [0.25, 0.3) is 0 Å². The van der Waals surface area contributed by atoms with Crippen LogP contribution in [0.5, 0.6) is 0 Å². The number of H-pyrrole nitrogens is 1. The average molecular weight is 205 g/mol. The van der Waals surface area contributed by atoms with E-state index in [1.165, 1.54) is 0 Å². The molecule has 15 heavy (non-hydrogen) atoms. The van der Waals surface area contributed by atoms with Gasteiger partial charge in [-0.1, -0.05) is 0 Å². The first-order valence-corrected chi connectivity index (χ1v) is 5.49. The van der Waals surface area contributed by atoms with Crippen LogP contribution in [-0.4, -0.2) is 30.5 Å². The summed E-state index contributed by atoms with van der Waals surface area (Å²) in [5.41, 5.74) is 2.13. The van der Waals surface area contributed by atoms with Gasteiger partial charge in [0.2, 0.25) is 0 Å². The van der Waals surface area contributed by atoms with Crippen LogP contribution in [0.3, 0.4) is 0 Å². The normalized spacial score (nSPS) is 23.6. The number of fused-ring (bicyclic) bond motifs is 2. The maximum Gasteiger partial charge on any atom is 0.253 e. The van der Waals surface area contributed by atoms with Crippen molar-refractivity contribution in [3.8, 4) is 0 Å². The largest absolute Gasteiger partial charge is 0.364 e. The fourth-order valence-electron chi connectivity index (χ4n) is 2.76. The van der Waals surface area contributed by atoms with Crippen molar-refractivity contribution in [1.82, 2.24) is 15.6 Å². The van der Waals surface area contributed by atoms with Crippen LogP contribution < -0.4 is 10.6 Å². The zero-order valence-electron chi connectivity index (χ0n) is 8.60. The molecular weight excluding hydrogens is 190 g/mol. The molecule has 0 atom stereocenters. The molecule has 3 rings (SSSR count). The van der Waals surface area contributed by atoms with Crippen LogP contribution in [0, 0.1) is 0 Å². The van der Waals surface area contributed by atoms with Crippen LogP contribution >= 0.6 is 0 Å². The third-order valence-electron chi connectivity index (χ3n) is 3.67. The minimum atomic E-state index is 0.0652. The van der Waals surface area contributed by atoms with Crippen molar-refractivity contribution < 1.29 is 4.79 Å². The monoisotopic (exact) mass is 205 g/mol. The number of aromatic nitrogens is 1. The van der Waals surface area contributed by atoms with E-state index in [1.807, 2.05) is 12.3 Å². The molecule has 0 bridgehead atoms. The lowest BCUT2D eigenvalue weighted by Gasteiger charge is -2.40. The SMILES string of the molecule is O=C1NCC2(CCNCC2)c2[nH]ccc21. The van der Waals surface area contributed by atoms with Gasteiger partial charge in [-0.15, -0.1) is 0 Å². The Morgan fingerprint density at radius 1 is 1.27 bits per heavy atom. The zero-order valence-corrected chi connectivity index (χ0v) is 8.60. The van der Waals surface area contributed by atoms with Crippen LogP contribution in [0.2, 0.25) is 0 Å². The summed E-state index contributed by atoms with van der Waals surface area (Å²) in [7, 11) is 0. The number of piperidine rings is 1. The van der Waals surface area contributed by atoms with Gasteiger partial charge in [0.25, 0.3) is 5.91 Å². The number of carbonyl (C=O) groups excluding carboxylic acids is 1. The van der Waals surface area contributed by atoms with Gasteiger partial charge in [0, 0.05) is 23.9 Å². The number of nitrogens with one attached hydrogen (secondary N) is 3. The molecule has 1 aromatic rings. The highest BCUT2D eigenvalue weighted by Gasteiger charge is 2.41. The Labute approximate surface area is 88.4 Å². The Kier molecular flexibility index (Phi) is 1.85. The summed E-state index contributed by atoms with van der Waals surface area (Å²) in [6.07, 6.45) is 4.07. The highest BCUT2D eigenvalue weighted by molar-refractivity contribution is 5.97. The van der Waals surface area contributed by atoms with Gasteiger partial charge in [-0.05, 0) is 32.0 Å². The number of hydrogen-bond acceptors (Lipinski definition) is 2. The molecule has 1 spiro atoms. The number of carbonyl (C=O) groups is 1. The highest BCUT2D eigenvalue weighted by atomic mass is 16.1. The Balaban J connectivity index is 2.06. The third-order valence-corrected chi connectivity index (χ3v) is 3.67. The second-order valence-corrected chi connectivity index (χ2v) is 4.48. The van der Waals surface area contributed by atoms with Gasteiger partial charge in [-0.3, -0.25) is 4.79 Å². The van der Waals surface area contributed by atoms with Crippen LogP contribution in [0.15, 0.2) is 12.3 Å². The number of amides is 1. The van der Waals surface area contributed by atoms with E-state index in [0.717, 1.165) is 43.7 Å². The van der Waals surface area contributed by atoms with Crippen molar-refractivity contribution in [2.75, 3.05) is 19.6 Å². The number of hydrogen-bond donors (Lipinski definition) is 3. The summed E-state index contributed by atoms with van der Waals surface area (Å²) in [5.74, 6) is 0.0652. The molecule has 4 nitrogen and oxygen atoms in total. The van der Waals surface area contributed by atoms with Crippen LogP contribution in [0.1, 0.15) is 28.9 Å². The molecular formula is C11H15N3O. The fraction of sp³-hybridized carbons (Fsp3) is 0.545. The van der Waals surface area contributed by atoms with E-state index in [2.05, 4.69) is 15.6 Å². The zero-order chi connectivity index (χ0) is 10.3. The average Bonchev–Trinajstić information content (AvgIpc) is 2.76. The van der Waals surface area contributed by atoms with Crippen molar-refractivity contribution in [1.29, 1.82) is 0 Å². The Hall–Kier alpha value is -1.29. The lowest BCUT2D eigenvalue weighted by atomic mass is 9.73. The second kappa shape index (κ2) is 3.10. The summed E-state index contributed by atoms with van der Waals surface area (Å²) < 4.78 is 0. The van der Waals surface area contributed by atoms with Crippen molar-refractivity contribution in [3.63, 3.8) is 0 Å². The van der Waals surface area contributed by atoms with Crippen molar-refractivity contribution in [3.05, 3.63) is 23.5 Å². The van der Waals surface area contributed by atoms with Gasteiger partial charge < -0.3 is 15.6 Å². The van der Waals surface area contributed by atoms with Crippen LogP contribution in [0.4, 0.5) is 0 Å². The van der Waals surface area contributed by atoms with Gasteiger partial charge in [0.1, 0.15) is 0 Å². The number of rotatable bonds is 0. The molecule has 1 amide bonds. The van der Waals surface area contributed by atoms with E-state index in [1.54, 1.807) is 0 Å². The van der Waals surface area contributed by atoms with Gasteiger partial charge in [-0.25, -0.2) is 0 Å². The molecule has 0 aromatic carbocycles. The van der Waals surface area contributed by atoms with E-state index in [4.69, 9.17) is 0 Å². The first kappa shape index (κ1) is 8.97. The van der Waals surface area contributed by atoms with Crippen molar-refractivity contribution >= 4 is 5.91 Å². The Bertz CT molecular complexity index is 390. The van der Waals surface area contributed by atoms with E-state index >= 15 is 0 Å². The molecule has 0 unspecified atom stereocenters. The molecule has 3 N–H and O–H groups in total. The molecule has 0 radical (unpaired) electrons. The van der Waals surface area contributed by atoms with Gasteiger partial charge in [0.05, 0.1) is 5.56 Å². The van der Waals surface area contributed by atoms with Gasteiger partial charge in [0.15, 0.2) is 0 Å². The predicted molar refractivity (Wildman–Crippen MR) is 56.9 cm³/mol. The molecule has 1 fully saturated rings. The first-order valence-electron chi connectivity index (χ1n) is 5.49. The van der Waals surface area contributed by atoms with Gasteiger partial charge in [-0.2, -0.15) is 0 Å². The summed E-state index contributed by atoms with van der Waals surface area (Å²) in [6.45, 7) is 2.85. The minimum absolute atomic E-state index is 0.0652. The highest BCUT2D eigenvalue weighted by Crippen LogP contribution is 2.36. The van der Waals surface area contributed by atoms with Crippen molar-refractivity contribution in [2.24, 2.45) is 0 Å². The molecule has 0 aliphatic carbocycles. The second-order valence-electron chi connectivity index (χ2n) is 4.48. The quantitative estimate of drug-likeness (QED) is 0.573.